The molecule has 1 aliphatic heterocycles. The third-order valence-corrected chi connectivity index (χ3v) is 4.10. The number of hydrogen-bond acceptors (Lipinski definition) is 2. The number of nitrogens with one attached hydrogen (secondary N) is 1. The third kappa shape index (κ3) is 2.99. The number of halogens is 3. The summed E-state index contributed by atoms with van der Waals surface area (Å²) >= 11 is 0. The van der Waals surface area contributed by atoms with Crippen LogP contribution in [0.1, 0.15) is 31.9 Å². The second kappa shape index (κ2) is 6.59. The lowest BCUT2D eigenvalue weighted by atomic mass is 9.89. The quantitative estimate of drug-likeness (QED) is 0.856. The Kier molecular flexibility index (Phi) is 5.05. The van der Waals surface area contributed by atoms with Crippen LogP contribution in [0.25, 0.3) is 0 Å². The van der Waals surface area contributed by atoms with Crippen molar-refractivity contribution in [1.82, 2.24) is 10.2 Å². The van der Waals surface area contributed by atoms with Crippen LogP contribution in [0.5, 0.6) is 0 Å². The highest BCUT2D eigenvalue weighted by Crippen LogP contribution is 2.35. The fraction of sp³-hybridized carbons (Fsp3) is 0.600. The van der Waals surface area contributed by atoms with Gasteiger partial charge in [0.1, 0.15) is 5.82 Å². The molecule has 1 aliphatic rings. The van der Waals surface area contributed by atoms with Crippen LogP contribution in [-0.4, -0.2) is 31.1 Å². The predicted octanol–water partition coefficient (Wildman–Crippen LogP) is 3.10. The lowest BCUT2D eigenvalue weighted by molar-refractivity contribution is 0.121. The van der Waals surface area contributed by atoms with Gasteiger partial charge in [0.2, 0.25) is 0 Å². The molecule has 112 valence electrons. The smallest absolute Gasteiger partial charge is 0.166 e. The number of nitrogens with zero attached hydrogens (tertiary/aromatic N) is 1. The molecule has 1 fully saturated rings. The van der Waals surface area contributed by atoms with E-state index in [1.54, 1.807) is 0 Å². The zero-order valence-electron chi connectivity index (χ0n) is 11.9. The van der Waals surface area contributed by atoms with Crippen molar-refractivity contribution in [3.05, 3.63) is 35.1 Å². The molecule has 1 unspecified atom stereocenters. The van der Waals surface area contributed by atoms with Crippen molar-refractivity contribution in [2.75, 3.05) is 26.2 Å². The Labute approximate surface area is 118 Å². The molecule has 0 amide bonds. The van der Waals surface area contributed by atoms with Crippen LogP contribution in [0.15, 0.2) is 12.1 Å². The number of benzene rings is 1. The largest absolute Gasteiger partial charge is 0.314 e. The van der Waals surface area contributed by atoms with Crippen molar-refractivity contribution >= 4 is 0 Å². The molecule has 0 aliphatic carbocycles. The van der Waals surface area contributed by atoms with Gasteiger partial charge in [-0.05, 0) is 18.1 Å². The van der Waals surface area contributed by atoms with Gasteiger partial charge in [-0.25, -0.2) is 13.2 Å². The molecule has 0 spiro atoms. The topological polar surface area (TPSA) is 15.3 Å². The Morgan fingerprint density at radius 3 is 2.35 bits per heavy atom. The van der Waals surface area contributed by atoms with E-state index in [9.17, 15) is 13.2 Å². The van der Waals surface area contributed by atoms with Crippen LogP contribution in [-0.2, 0) is 0 Å². The fourth-order valence-corrected chi connectivity index (χ4v) is 2.82. The molecule has 1 heterocycles. The van der Waals surface area contributed by atoms with E-state index in [2.05, 4.69) is 5.32 Å². The Morgan fingerprint density at radius 2 is 1.75 bits per heavy atom. The molecule has 5 heteroatoms. The predicted molar refractivity (Wildman–Crippen MR) is 73.0 cm³/mol. The van der Waals surface area contributed by atoms with Crippen molar-refractivity contribution in [2.45, 2.75) is 26.3 Å². The first-order valence-electron chi connectivity index (χ1n) is 7.14. The van der Waals surface area contributed by atoms with Gasteiger partial charge in [-0.15, -0.1) is 0 Å². The van der Waals surface area contributed by atoms with E-state index in [4.69, 9.17) is 0 Å². The van der Waals surface area contributed by atoms with Crippen molar-refractivity contribution in [3.63, 3.8) is 0 Å². The monoisotopic (exact) mass is 286 g/mol. The Morgan fingerprint density at radius 1 is 1.15 bits per heavy atom. The van der Waals surface area contributed by atoms with E-state index in [1.165, 1.54) is 0 Å². The van der Waals surface area contributed by atoms with E-state index < -0.39 is 23.5 Å². The summed E-state index contributed by atoms with van der Waals surface area (Å²) in [5, 5.41) is 3.22. The Balaban J connectivity index is 2.43. The number of rotatable bonds is 4. The standard InChI is InChI=1S/C15H21F3N2/c1-3-10(2)15(20-8-6-19-7-9-20)13-11(16)4-5-12(17)14(13)18/h4-5,10,15,19H,3,6-9H2,1-2H3/t10?,15-/m1/s1. The highest BCUT2D eigenvalue weighted by molar-refractivity contribution is 5.25. The summed E-state index contributed by atoms with van der Waals surface area (Å²) in [7, 11) is 0. The zero-order chi connectivity index (χ0) is 14.7. The highest BCUT2D eigenvalue weighted by atomic mass is 19.2. The summed E-state index contributed by atoms with van der Waals surface area (Å²) in [5.41, 5.74) is -0.124. The summed E-state index contributed by atoms with van der Waals surface area (Å²) in [6.07, 6.45) is 0.782. The summed E-state index contributed by atoms with van der Waals surface area (Å²) in [5.74, 6) is -2.63. The first-order valence-corrected chi connectivity index (χ1v) is 7.14. The molecule has 0 saturated carbocycles. The molecule has 2 rings (SSSR count). The second-order valence-corrected chi connectivity index (χ2v) is 5.37. The molecule has 2 atom stereocenters. The SMILES string of the molecule is CCC(C)[C@H](c1c(F)ccc(F)c1F)N1CCNCC1. The van der Waals surface area contributed by atoms with Crippen molar-refractivity contribution in [2.24, 2.45) is 5.92 Å². The minimum Gasteiger partial charge on any atom is -0.314 e. The molecule has 1 saturated heterocycles. The van der Waals surface area contributed by atoms with Crippen LogP contribution in [0.3, 0.4) is 0 Å². The van der Waals surface area contributed by atoms with Crippen molar-refractivity contribution < 1.29 is 13.2 Å². The van der Waals surface area contributed by atoms with Gasteiger partial charge in [-0.2, -0.15) is 0 Å². The third-order valence-electron chi connectivity index (χ3n) is 4.10. The van der Waals surface area contributed by atoms with E-state index in [0.717, 1.165) is 31.6 Å². The lowest BCUT2D eigenvalue weighted by Crippen LogP contribution is -2.47. The van der Waals surface area contributed by atoms with Crippen LogP contribution >= 0.6 is 0 Å². The maximum absolute atomic E-state index is 14.1. The summed E-state index contributed by atoms with van der Waals surface area (Å²) < 4.78 is 41.7. The maximum atomic E-state index is 14.1. The van der Waals surface area contributed by atoms with Crippen LogP contribution in [0.4, 0.5) is 13.2 Å². The fourth-order valence-electron chi connectivity index (χ4n) is 2.82. The van der Waals surface area contributed by atoms with Gasteiger partial charge in [-0.3, -0.25) is 4.90 Å². The molecule has 1 aromatic rings. The van der Waals surface area contributed by atoms with Gasteiger partial charge in [0.15, 0.2) is 11.6 Å². The molecule has 1 N–H and O–H groups in total. The molecule has 2 nitrogen and oxygen atoms in total. The average Bonchev–Trinajstić information content (AvgIpc) is 2.48. The van der Waals surface area contributed by atoms with E-state index >= 15 is 0 Å². The van der Waals surface area contributed by atoms with Gasteiger partial charge in [0, 0.05) is 37.8 Å². The molecule has 1 aromatic carbocycles. The molecular formula is C15H21F3N2. The summed E-state index contributed by atoms with van der Waals surface area (Å²) in [6, 6.07) is 1.45. The highest BCUT2D eigenvalue weighted by Gasteiger charge is 2.32. The van der Waals surface area contributed by atoms with Crippen molar-refractivity contribution in [1.29, 1.82) is 0 Å². The average molecular weight is 286 g/mol. The van der Waals surface area contributed by atoms with Gasteiger partial charge in [-0.1, -0.05) is 20.3 Å². The Bertz CT molecular complexity index is 459. The van der Waals surface area contributed by atoms with Gasteiger partial charge >= 0.3 is 0 Å². The molecule has 0 bridgehead atoms. The first kappa shape index (κ1) is 15.3. The lowest BCUT2D eigenvalue weighted by Gasteiger charge is -2.38. The van der Waals surface area contributed by atoms with Gasteiger partial charge in [0.25, 0.3) is 0 Å². The summed E-state index contributed by atoms with van der Waals surface area (Å²) in [4.78, 5) is 2.05. The first-order chi connectivity index (χ1) is 9.56. The van der Waals surface area contributed by atoms with E-state index in [0.29, 0.717) is 13.1 Å². The number of hydrogen-bond donors (Lipinski definition) is 1. The van der Waals surface area contributed by atoms with Crippen LogP contribution in [0, 0.1) is 23.4 Å². The normalized spacial score (nSPS) is 19.9. The van der Waals surface area contributed by atoms with Gasteiger partial charge < -0.3 is 5.32 Å². The summed E-state index contributed by atoms with van der Waals surface area (Å²) in [6.45, 7) is 6.93. The van der Waals surface area contributed by atoms with Gasteiger partial charge in [0.05, 0.1) is 0 Å². The number of piperazine rings is 1. The van der Waals surface area contributed by atoms with Crippen LogP contribution in [0.2, 0.25) is 0 Å². The van der Waals surface area contributed by atoms with E-state index in [1.807, 2.05) is 18.7 Å². The Hall–Kier alpha value is -1.07. The molecule has 0 aromatic heterocycles. The zero-order valence-corrected chi connectivity index (χ0v) is 11.9. The molecule has 20 heavy (non-hydrogen) atoms. The van der Waals surface area contributed by atoms with E-state index in [-0.39, 0.29) is 11.5 Å². The maximum Gasteiger partial charge on any atom is 0.166 e. The minimum absolute atomic E-state index is 0.0545. The minimum atomic E-state index is -1.05. The second-order valence-electron chi connectivity index (χ2n) is 5.37. The molecule has 0 radical (unpaired) electrons. The van der Waals surface area contributed by atoms with Crippen molar-refractivity contribution in [3.8, 4) is 0 Å². The van der Waals surface area contributed by atoms with Crippen LogP contribution < -0.4 is 5.32 Å². The molecular weight excluding hydrogens is 265 g/mol.